The summed E-state index contributed by atoms with van der Waals surface area (Å²) in [6.45, 7) is 7.74. The summed E-state index contributed by atoms with van der Waals surface area (Å²) in [5.74, 6) is -0.271. The van der Waals surface area contributed by atoms with Gasteiger partial charge in [0.05, 0.1) is 17.9 Å². The Morgan fingerprint density at radius 1 is 1.30 bits per heavy atom. The van der Waals surface area contributed by atoms with E-state index in [0.717, 1.165) is 32.2 Å². The molecule has 1 rings (SSSR count). The number of hydrogen-bond acceptors (Lipinski definition) is 4. The molecule has 0 aromatic carbocycles. The number of carbonyl (C=O) groups excluding carboxylic acids is 2. The lowest BCUT2D eigenvalue weighted by molar-refractivity contribution is -0.153. The molecule has 0 spiro atoms. The molecule has 0 radical (unpaired) electrons. The molecular formula is C15H28N2O3. The molecule has 0 aliphatic carbocycles. The van der Waals surface area contributed by atoms with Crippen LogP contribution in [0.25, 0.3) is 0 Å². The minimum absolute atomic E-state index is 0.0963. The van der Waals surface area contributed by atoms with Crippen LogP contribution in [-0.4, -0.2) is 43.0 Å². The number of nitrogens with zero attached hydrogens (tertiary/aromatic N) is 1. The zero-order valence-electron chi connectivity index (χ0n) is 13.0. The van der Waals surface area contributed by atoms with Gasteiger partial charge in [0.15, 0.2) is 0 Å². The number of rotatable bonds is 6. The molecule has 1 atom stereocenters. The lowest BCUT2D eigenvalue weighted by atomic mass is 9.80. The summed E-state index contributed by atoms with van der Waals surface area (Å²) < 4.78 is 5.07. The van der Waals surface area contributed by atoms with Crippen molar-refractivity contribution < 1.29 is 14.3 Å². The van der Waals surface area contributed by atoms with Crippen LogP contribution < -0.4 is 5.73 Å². The highest BCUT2D eigenvalue weighted by Crippen LogP contribution is 2.30. The number of esters is 1. The number of carbonyl (C=O) groups is 2. The van der Waals surface area contributed by atoms with Gasteiger partial charge in [-0.05, 0) is 32.6 Å². The van der Waals surface area contributed by atoms with Crippen LogP contribution in [0.1, 0.15) is 46.5 Å². The van der Waals surface area contributed by atoms with Gasteiger partial charge in [0.2, 0.25) is 5.91 Å². The van der Waals surface area contributed by atoms with E-state index in [1.807, 2.05) is 18.7 Å². The SMILES string of the molecule is CCOC(=O)C1CCCN(C(=O)C(CC)(CC)CN)C1. The monoisotopic (exact) mass is 284 g/mol. The molecule has 0 aromatic rings. The molecule has 1 aliphatic heterocycles. The molecule has 116 valence electrons. The summed E-state index contributed by atoms with van der Waals surface area (Å²) in [5, 5.41) is 0. The standard InChI is InChI=1S/C15H28N2O3/c1-4-15(5-2,11-16)14(19)17-9-7-8-12(10-17)13(18)20-6-3/h12H,4-11,16H2,1-3H3. The van der Waals surface area contributed by atoms with Crippen molar-refractivity contribution in [3.63, 3.8) is 0 Å². The summed E-state index contributed by atoms with van der Waals surface area (Å²) in [7, 11) is 0. The number of amides is 1. The van der Waals surface area contributed by atoms with E-state index in [1.54, 1.807) is 6.92 Å². The minimum atomic E-state index is -0.476. The number of ether oxygens (including phenoxy) is 1. The van der Waals surface area contributed by atoms with Gasteiger partial charge in [0.1, 0.15) is 0 Å². The molecule has 2 N–H and O–H groups in total. The largest absolute Gasteiger partial charge is 0.466 e. The Kier molecular flexibility index (Phi) is 6.46. The van der Waals surface area contributed by atoms with E-state index in [-0.39, 0.29) is 17.8 Å². The second-order valence-corrected chi connectivity index (χ2v) is 5.53. The Balaban J connectivity index is 2.75. The van der Waals surface area contributed by atoms with Crippen LogP contribution >= 0.6 is 0 Å². The van der Waals surface area contributed by atoms with Crippen molar-refractivity contribution in [1.82, 2.24) is 4.90 Å². The van der Waals surface area contributed by atoms with Crippen molar-refractivity contribution in [2.75, 3.05) is 26.2 Å². The molecule has 1 fully saturated rings. The average molecular weight is 284 g/mol. The highest BCUT2D eigenvalue weighted by Gasteiger charge is 2.39. The maximum atomic E-state index is 12.7. The first kappa shape index (κ1) is 17.0. The molecule has 1 aliphatic rings. The van der Waals surface area contributed by atoms with Crippen LogP contribution in [0.5, 0.6) is 0 Å². The van der Waals surface area contributed by atoms with Crippen molar-refractivity contribution in [2.24, 2.45) is 17.1 Å². The minimum Gasteiger partial charge on any atom is -0.466 e. The first-order valence-corrected chi connectivity index (χ1v) is 7.70. The highest BCUT2D eigenvalue weighted by atomic mass is 16.5. The third-order valence-electron chi connectivity index (χ3n) is 4.53. The Morgan fingerprint density at radius 3 is 2.45 bits per heavy atom. The molecule has 1 amide bonds. The van der Waals surface area contributed by atoms with E-state index in [4.69, 9.17) is 10.5 Å². The van der Waals surface area contributed by atoms with Crippen molar-refractivity contribution in [3.05, 3.63) is 0 Å². The Labute approximate surface area is 121 Å². The fourth-order valence-electron chi connectivity index (χ4n) is 2.88. The number of nitrogens with two attached hydrogens (primary N) is 1. The fourth-order valence-corrected chi connectivity index (χ4v) is 2.88. The Morgan fingerprint density at radius 2 is 1.95 bits per heavy atom. The van der Waals surface area contributed by atoms with Gasteiger partial charge in [-0.25, -0.2) is 0 Å². The van der Waals surface area contributed by atoms with E-state index < -0.39 is 5.41 Å². The normalized spacial score (nSPS) is 19.8. The van der Waals surface area contributed by atoms with Crippen LogP contribution in [-0.2, 0) is 14.3 Å². The molecule has 0 aromatic heterocycles. The molecule has 0 saturated carbocycles. The van der Waals surface area contributed by atoms with E-state index >= 15 is 0 Å². The van der Waals surface area contributed by atoms with Crippen LogP contribution in [0, 0.1) is 11.3 Å². The second-order valence-electron chi connectivity index (χ2n) is 5.53. The first-order chi connectivity index (χ1) is 9.54. The summed E-state index contributed by atoms with van der Waals surface area (Å²) in [4.78, 5) is 26.4. The molecule has 0 bridgehead atoms. The van der Waals surface area contributed by atoms with Crippen molar-refractivity contribution in [2.45, 2.75) is 46.5 Å². The zero-order valence-corrected chi connectivity index (χ0v) is 13.0. The number of piperidine rings is 1. The average Bonchev–Trinajstić information content (AvgIpc) is 2.50. The lowest BCUT2D eigenvalue weighted by Crippen LogP contribution is -2.51. The van der Waals surface area contributed by atoms with Gasteiger partial charge in [-0.1, -0.05) is 13.8 Å². The Hall–Kier alpha value is -1.10. The lowest BCUT2D eigenvalue weighted by Gasteiger charge is -2.39. The summed E-state index contributed by atoms with van der Waals surface area (Å²) >= 11 is 0. The summed E-state index contributed by atoms with van der Waals surface area (Å²) in [6, 6.07) is 0. The van der Waals surface area contributed by atoms with Crippen molar-refractivity contribution >= 4 is 11.9 Å². The molecule has 1 heterocycles. The Bertz CT molecular complexity index is 332. The van der Waals surface area contributed by atoms with E-state index in [2.05, 4.69) is 0 Å². The summed E-state index contributed by atoms with van der Waals surface area (Å²) in [6.07, 6.45) is 3.12. The highest BCUT2D eigenvalue weighted by molar-refractivity contribution is 5.84. The zero-order chi connectivity index (χ0) is 15.2. The first-order valence-electron chi connectivity index (χ1n) is 7.70. The molecule has 20 heavy (non-hydrogen) atoms. The topological polar surface area (TPSA) is 72.6 Å². The van der Waals surface area contributed by atoms with Crippen molar-refractivity contribution in [1.29, 1.82) is 0 Å². The predicted molar refractivity (Wildman–Crippen MR) is 78.0 cm³/mol. The third-order valence-corrected chi connectivity index (χ3v) is 4.53. The van der Waals surface area contributed by atoms with Crippen LogP contribution in [0.2, 0.25) is 0 Å². The molecule has 1 unspecified atom stereocenters. The van der Waals surface area contributed by atoms with Gasteiger partial charge in [0, 0.05) is 19.6 Å². The predicted octanol–water partition coefficient (Wildman–Crippen LogP) is 1.55. The smallest absolute Gasteiger partial charge is 0.310 e. The molecule has 5 heteroatoms. The third kappa shape index (κ3) is 3.51. The maximum absolute atomic E-state index is 12.7. The fraction of sp³-hybridized carbons (Fsp3) is 0.867. The van der Waals surface area contributed by atoms with Gasteiger partial charge in [-0.2, -0.15) is 0 Å². The van der Waals surface area contributed by atoms with Crippen LogP contribution in [0.4, 0.5) is 0 Å². The van der Waals surface area contributed by atoms with Gasteiger partial charge in [-0.3, -0.25) is 9.59 Å². The van der Waals surface area contributed by atoms with E-state index in [0.29, 0.717) is 19.7 Å². The van der Waals surface area contributed by atoms with Gasteiger partial charge < -0.3 is 15.4 Å². The van der Waals surface area contributed by atoms with Gasteiger partial charge in [0.25, 0.3) is 0 Å². The number of likely N-dealkylation sites (tertiary alicyclic amines) is 1. The molecule has 1 saturated heterocycles. The van der Waals surface area contributed by atoms with E-state index in [9.17, 15) is 9.59 Å². The van der Waals surface area contributed by atoms with Crippen molar-refractivity contribution in [3.8, 4) is 0 Å². The van der Waals surface area contributed by atoms with Gasteiger partial charge in [-0.15, -0.1) is 0 Å². The second kappa shape index (κ2) is 7.62. The number of hydrogen-bond donors (Lipinski definition) is 1. The van der Waals surface area contributed by atoms with Crippen LogP contribution in [0.3, 0.4) is 0 Å². The van der Waals surface area contributed by atoms with Crippen LogP contribution in [0.15, 0.2) is 0 Å². The summed E-state index contributed by atoms with van der Waals surface area (Å²) in [5.41, 5.74) is 5.36. The maximum Gasteiger partial charge on any atom is 0.310 e. The van der Waals surface area contributed by atoms with E-state index in [1.165, 1.54) is 0 Å². The molecular weight excluding hydrogens is 256 g/mol. The van der Waals surface area contributed by atoms with Gasteiger partial charge >= 0.3 is 5.97 Å². The quantitative estimate of drug-likeness (QED) is 0.751. The molecule has 5 nitrogen and oxygen atoms in total.